The van der Waals surface area contributed by atoms with E-state index in [1.165, 1.54) is 33.0 Å². The molecule has 0 amide bonds. The normalized spacial score (nSPS) is 16.6. The molecule has 5 aromatic carbocycles. The molecule has 0 atom stereocenters. The monoisotopic (exact) mass is 495 g/mol. The largest absolute Gasteiger partial charge is 0.495 e. The molecule has 5 aromatic rings. The number of rotatable bonds is 4. The zero-order valence-corrected chi connectivity index (χ0v) is 22.2. The predicted octanol–water partition coefficient (Wildman–Crippen LogP) is 8.26. The van der Waals surface area contributed by atoms with E-state index in [0.29, 0.717) is 0 Å². The number of benzene rings is 5. The smallest absolute Gasteiger partial charge is 0.399 e. The van der Waals surface area contributed by atoms with E-state index in [2.05, 4.69) is 142 Å². The fourth-order valence-electron chi connectivity index (χ4n) is 5.78. The molecule has 0 aromatic heterocycles. The Kier molecular flexibility index (Phi) is 5.10. The summed E-state index contributed by atoms with van der Waals surface area (Å²) in [5.74, 6) is 0. The van der Waals surface area contributed by atoms with E-state index < -0.39 is 7.12 Å². The van der Waals surface area contributed by atoms with E-state index in [1.807, 2.05) is 0 Å². The molecule has 0 unspecified atom stereocenters. The minimum atomic E-state index is -0.393. The van der Waals surface area contributed by atoms with Crippen LogP contribution in [0.3, 0.4) is 0 Å². The van der Waals surface area contributed by atoms with Crippen molar-refractivity contribution in [3.8, 4) is 22.3 Å². The van der Waals surface area contributed by atoms with Crippen LogP contribution in [-0.2, 0) is 9.31 Å². The standard InChI is InChI=1S/C34H30BNO2/c1-33(2)34(3,4)38-35(37-33)31-21-20-28-26-19-18-25(22-30(26)27-16-11-17-29(31)32(27)28)36(23-12-7-5-8-13-23)24-14-9-6-10-15-24/h5-22H,1-4H3. The number of fused-ring (bicyclic) bond motifs is 3. The van der Waals surface area contributed by atoms with Gasteiger partial charge in [0, 0.05) is 17.1 Å². The molecule has 38 heavy (non-hydrogen) atoms. The highest BCUT2D eigenvalue weighted by atomic mass is 16.7. The van der Waals surface area contributed by atoms with Crippen LogP contribution < -0.4 is 10.4 Å². The molecule has 1 heterocycles. The summed E-state index contributed by atoms with van der Waals surface area (Å²) in [6.07, 6.45) is 0. The third kappa shape index (κ3) is 3.44. The highest BCUT2D eigenvalue weighted by Gasteiger charge is 2.52. The van der Waals surface area contributed by atoms with Crippen LogP contribution in [0.25, 0.3) is 33.0 Å². The molecule has 7 rings (SSSR count). The lowest BCUT2D eigenvalue weighted by atomic mass is 9.75. The lowest BCUT2D eigenvalue weighted by Crippen LogP contribution is -2.41. The van der Waals surface area contributed by atoms with Gasteiger partial charge in [0.1, 0.15) is 0 Å². The second kappa shape index (κ2) is 8.32. The molecule has 186 valence electrons. The van der Waals surface area contributed by atoms with Crippen molar-refractivity contribution in [1.29, 1.82) is 0 Å². The van der Waals surface area contributed by atoms with Crippen molar-refractivity contribution in [2.75, 3.05) is 4.90 Å². The molecule has 0 radical (unpaired) electrons. The maximum absolute atomic E-state index is 6.46. The number of nitrogens with zero attached hydrogens (tertiary/aromatic N) is 1. The van der Waals surface area contributed by atoms with E-state index in [0.717, 1.165) is 22.5 Å². The minimum absolute atomic E-state index is 0.378. The zero-order valence-electron chi connectivity index (χ0n) is 22.2. The number of anilines is 3. The number of hydrogen-bond donors (Lipinski definition) is 0. The summed E-state index contributed by atoms with van der Waals surface area (Å²) in [7, 11) is -0.393. The highest BCUT2D eigenvalue weighted by Crippen LogP contribution is 2.49. The first-order valence-electron chi connectivity index (χ1n) is 13.3. The van der Waals surface area contributed by atoms with E-state index in [9.17, 15) is 0 Å². The first-order chi connectivity index (χ1) is 18.3. The molecule has 1 aliphatic carbocycles. The van der Waals surface area contributed by atoms with Crippen molar-refractivity contribution in [2.24, 2.45) is 0 Å². The van der Waals surface area contributed by atoms with Gasteiger partial charge < -0.3 is 14.2 Å². The van der Waals surface area contributed by atoms with Gasteiger partial charge in [0.25, 0.3) is 0 Å². The van der Waals surface area contributed by atoms with Crippen LogP contribution in [0.15, 0.2) is 109 Å². The van der Waals surface area contributed by atoms with Crippen LogP contribution in [0.4, 0.5) is 17.1 Å². The van der Waals surface area contributed by atoms with Gasteiger partial charge in [-0.15, -0.1) is 0 Å². The number of para-hydroxylation sites is 2. The van der Waals surface area contributed by atoms with Gasteiger partial charge in [-0.1, -0.05) is 72.8 Å². The second-order valence-electron chi connectivity index (χ2n) is 11.3. The van der Waals surface area contributed by atoms with E-state index >= 15 is 0 Å². The Balaban J connectivity index is 1.37. The van der Waals surface area contributed by atoms with Crippen molar-refractivity contribution in [1.82, 2.24) is 0 Å². The summed E-state index contributed by atoms with van der Waals surface area (Å²) in [4.78, 5) is 2.32. The minimum Gasteiger partial charge on any atom is -0.399 e. The summed E-state index contributed by atoms with van der Waals surface area (Å²) in [6, 6.07) is 39.0. The molecular formula is C34H30BNO2. The van der Waals surface area contributed by atoms with Crippen LogP contribution in [-0.4, -0.2) is 18.3 Å². The van der Waals surface area contributed by atoms with Gasteiger partial charge >= 0.3 is 7.12 Å². The summed E-state index contributed by atoms with van der Waals surface area (Å²) < 4.78 is 12.9. The molecule has 3 nitrogen and oxygen atoms in total. The summed E-state index contributed by atoms with van der Waals surface area (Å²) in [5.41, 5.74) is 8.79. The lowest BCUT2D eigenvalue weighted by Gasteiger charge is -2.32. The van der Waals surface area contributed by atoms with Gasteiger partial charge in [0.15, 0.2) is 0 Å². The molecule has 0 bridgehead atoms. The Morgan fingerprint density at radius 3 is 1.74 bits per heavy atom. The molecular weight excluding hydrogens is 465 g/mol. The Labute approximate surface area is 224 Å². The molecule has 1 fully saturated rings. The first-order valence-corrected chi connectivity index (χ1v) is 13.3. The topological polar surface area (TPSA) is 21.7 Å². The average molecular weight is 495 g/mol. The highest BCUT2D eigenvalue weighted by molar-refractivity contribution is 6.65. The summed E-state index contributed by atoms with van der Waals surface area (Å²) in [6.45, 7) is 8.43. The molecule has 2 aliphatic rings. The summed E-state index contributed by atoms with van der Waals surface area (Å²) in [5, 5.41) is 2.47. The predicted molar refractivity (Wildman–Crippen MR) is 159 cm³/mol. The van der Waals surface area contributed by atoms with E-state index in [4.69, 9.17) is 9.31 Å². The third-order valence-corrected chi connectivity index (χ3v) is 8.45. The van der Waals surface area contributed by atoms with Crippen LogP contribution in [0.1, 0.15) is 27.7 Å². The SMILES string of the molecule is CC1(C)OB(c2ccc3c4c(cccc24)-c2cc(N(c4ccccc4)c4ccccc4)ccc2-3)OC1(C)C. The van der Waals surface area contributed by atoms with Gasteiger partial charge in [-0.25, -0.2) is 0 Å². The van der Waals surface area contributed by atoms with Gasteiger partial charge in [-0.05, 0) is 103 Å². The Morgan fingerprint density at radius 2 is 1.11 bits per heavy atom. The van der Waals surface area contributed by atoms with Crippen molar-refractivity contribution in [3.63, 3.8) is 0 Å². The van der Waals surface area contributed by atoms with Crippen molar-refractivity contribution in [3.05, 3.63) is 109 Å². The first kappa shape index (κ1) is 23.3. The lowest BCUT2D eigenvalue weighted by molar-refractivity contribution is 0.00578. The second-order valence-corrected chi connectivity index (χ2v) is 11.3. The zero-order chi connectivity index (χ0) is 26.1. The maximum Gasteiger partial charge on any atom is 0.495 e. The van der Waals surface area contributed by atoms with Crippen molar-refractivity contribution >= 4 is 40.4 Å². The summed E-state index contributed by atoms with van der Waals surface area (Å²) >= 11 is 0. The average Bonchev–Trinajstić information content (AvgIpc) is 3.36. The molecule has 0 N–H and O–H groups in total. The molecule has 0 saturated carbocycles. The van der Waals surface area contributed by atoms with Crippen LogP contribution in [0, 0.1) is 0 Å². The quantitative estimate of drug-likeness (QED) is 0.230. The fraction of sp³-hybridized carbons (Fsp3) is 0.176. The number of hydrogen-bond acceptors (Lipinski definition) is 3. The van der Waals surface area contributed by atoms with Crippen LogP contribution in [0.2, 0.25) is 0 Å². The Bertz CT molecular complexity index is 1620. The van der Waals surface area contributed by atoms with Crippen molar-refractivity contribution in [2.45, 2.75) is 38.9 Å². The van der Waals surface area contributed by atoms with Crippen LogP contribution in [0.5, 0.6) is 0 Å². The Morgan fingerprint density at radius 1 is 0.526 bits per heavy atom. The van der Waals surface area contributed by atoms with Gasteiger partial charge in [0.05, 0.1) is 11.2 Å². The Hall–Kier alpha value is -3.86. The fourth-order valence-corrected chi connectivity index (χ4v) is 5.78. The van der Waals surface area contributed by atoms with Crippen molar-refractivity contribution < 1.29 is 9.31 Å². The van der Waals surface area contributed by atoms with E-state index in [1.54, 1.807) is 0 Å². The maximum atomic E-state index is 6.46. The third-order valence-electron chi connectivity index (χ3n) is 8.45. The van der Waals surface area contributed by atoms with Gasteiger partial charge in [-0.3, -0.25) is 0 Å². The van der Waals surface area contributed by atoms with E-state index in [-0.39, 0.29) is 11.2 Å². The molecule has 4 heteroatoms. The van der Waals surface area contributed by atoms with Gasteiger partial charge in [0.2, 0.25) is 0 Å². The molecule has 1 aliphatic heterocycles. The van der Waals surface area contributed by atoms with Gasteiger partial charge in [-0.2, -0.15) is 0 Å². The van der Waals surface area contributed by atoms with Crippen LogP contribution >= 0.6 is 0 Å². The molecule has 0 spiro atoms. The molecule has 1 saturated heterocycles.